The second kappa shape index (κ2) is 10.5. The lowest BCUT2D eigenvalue weighted by Crippen LogP contribution is -2.13. The number of benzene rings is 2. The number of amides is 1. The van der Waals surface area contributed by atoms with Crippen LogP contribution in [0.3, 0.4) is 0 Å². The van der Waals surface area contributed by atoms with E-state index in [1.54, 1.807) is 42.5 Å². The monoisotopic (exact) mass is 436 g/mol. The van der Waals surface area contributed by atoms with Gasteiger partial charge in [0.05, 0.1) is 0 Å². The number of nitrogens with zero attached hydrogens (tertiary/aromatic N) is 3. The summed E-state index contributed by atoms with van der Waals surface area (Å²) in [5, 5.41) is 21.2. The summed E-state index contributed by atoms with van der Waals surface area (Å²) in [6.45, 7) is 4.26. The smallest absolute Gasteiger partial charge is 0.268 e. The van der Waals surface area contributed by atoms with Crippen LogP contribution in [0.15, 0.2) is 54.1 Å². The Kier molecular flexibility index (Phi) is 7.46. The maximum atomic E-state index is 13.7. The Morgan fingerprint density at radius 2 is 1.97 bits per heavy atom. The normalized spacial score (nSPS) is 11.3. The first-order valence-electron chi connectivity index (χ1n) is 9.66. The Morgan fingerprint density at radius 3 is 2.65 bits per heavy atom. The minimum absolute atomic E-state index is 0.0550. The Morgan fingerprint density at radius 1 is 1.23 bits per heavy atom. The van der Waals surface area contributed by atoms with E-state index in [-0.39, 0.29) is 18.0 Å². The highest BCUT2D eigenvalue weighted by Crippen LogP contribution is 2.20. The van der Waals surface area contributed by atoms with Crippen molar-refractivity contribution >= 4 is 28.5 Å². The van der Waals surface area contributed by atoms with Gasteiger partial charge in [-0.05, 0) is 35.8 Å². The molecule has 0 radical (unpaired) electrons. The molecule has 3 aromatic rings. The van der Waals surface area contributed by atoms with Gasteiger partial charge in [-0.3, -0.25) is 10.1 Å². The van der Waals surface area contributed by atoms with Crippen LogP contribution in [0, 0.1) is 23.1 Å². The van der Waals surface area contributed by atoms with Gasteiger partial charge in [-0.15, -0.1) is 10.2 Å². The number of hydrogen-bond acceptors (Lipinski definition) is 6. The number of aromatic nitrogens is 2. The van der Waals surface area contributed by atoms with Crippen LogP contribution in [0.25, 0.3) is 6.08 Å². The summed E-state index contributed by atoms with van der Waals surface area (Å²) in [6.07, 6.45) is 2.26. The fourth-order valence-corrected chi connectivity index (χ4v) is 3.60. The fourth-order valence-electron chi connectivity index (χ4n) is 2.65. The van der Waals surface area contributed by atoms with E-state index in [9.17, 15) is 14.4 Å². The van der Waals surface area contributed by atoms with Crippen molar-refractivity contribution in [2.24, 2.45) is 5.92 Å². The second-order valence-corrected chi connectivity index (χ2v) is 8.23. The van der Waals surface area contributed by atoms with Crippen molar-refractivity contribution in [2.75, 3.05) is 5.32 Å². The molecule has 1 N–H and O–H groups in total. The third-order valence-electron chi connectivity index (χ3n) is 4.18. The summed E-state index contributed by atoms with van der Waals surface area (Å²) in [7, 11) is 0. The number of rotatable bonds is 8. The molecule has 0 aliphatic heterocycles. The molecule has 0 spiro atoms. The number of ether oxygens (including phenoxy) is 1. The van der Waals surface area contributed by atoms with Gasteiger partial charge >= 0.3 is 0 Å². The molecule has 0 atom stereocenters. The van der Waals surface area contributed by atoms with E-state index in [1.807, 2.05) is 6.07 Å². The predicted octanol–water partition coefficient (Wildman–Crippen LogP) is 5.00. The van der Waals surface area contributed by atoms with Crippen LogP contribution in [0.5, 0.6) is 5.75 Å². The van der Waals surface area contributed by atoms with Gasteiger partial charge in [0, 0.05) is 12.0 Å². The first kappa shape index (κ1) is 22.1. The highest BCUT2D eigenvalue weighted by atomic mass is 32.1. The van der Waals surface area contributed by atoms with Crippen LogP contribution >= 0.6 is 11.3 Å². The number of anilines is 1. The van der Waals surface area contributed by atoms with Gasteiger partial charge < -0.3 is 4.74 Å². The summed E-state index contributed by atoms with van der Waals surface area (Å²) in [5.41, 5.74) is 1.06. The average molecular weight is 437 g/mol. The number of carbonyl (C=O) groups excluding carboxylic acids is 1. The summed E-state index contributed by atoms with van der Waals surface area (Å²) in [5.74, 6) is 0.118. The van der Waals surface area contributed by atoms with Crippen LogP contribution in [-0.4, -0.2) is 16.1 Å². The van der Waals surface area contributed by atoms with E-state index in [0.717, 1.165) is 11.4 Å². The van der Waals surface area contributed by atoms with Gasteiger partial charge in [0.1, 0.15) is 34.8 Å². The Bertz CT molecular complexity index is 1120. The molecule has 0 saturated heterocycles. The predicted molar refractivity (Wildman–Crippen MR) is 118 cm³/mol. The highest BCUT2D eigenvalue weighted by Gasteiger charge is 2.13. The van der Waals surface area contributed by atoms with Crippen molar-refractivity contribution in [3.8, 4) is 11.8 Å². The van der Waals surface area contributed by atoms with E-state index in [2.05, 4.69) is 29.4 Å². The zero-order valence-corrected chi connectivity index (χ0v) is 17.9. The van der Waals surface area contributed by atoms with Gasteiger partial charge in [-0.1, -0.05) is 55.5 Å². The third kappa shape index (κ3) is 6.46. The Labute approximate surface area is 184 Å². The standard InChI is InChI=1S/C23H21FN4O2S/c1-15(2)11-21-27-28-23(31-21)26-22(29)18(13-25)12-16-7-9-19(10-8-16)30-14-17-5-3-4-6-20(17)24/h3-10,12,15H,11,14H2,1-2H3,(H,26,28,29)/b18-12-. The Balaban J connectivity index is 1.62. The molecule has 1 heterocycles. The van der Waals surface area contributed by atoms with Gasteiger partial charge in [0.15, 0.2) is 0 Å². The van der Waals surface area contributed by atoms with Crippen molar-refractivity contribution in [2.45, 2.75) is 26.9 Å². The number of nitriles is 1. The summed E-state index contributed by atoms with van der Waals surface area (Å²) in [4.78, 5) is 12.4. The van der Waals surface area contributed by atoms with E-state index in [1.165, 1.54) is 23.5 Å². The van der Waals surface area contributed by atoms with E-state index >= 15 is 0 Å². The molecule has 158 valence electrons. The zero-order valence-electron chi connectivity index (χ0n) is 17.1. The minimum atomic E-state index is -0.547. The molecule has 0 aliphatic carbocycles. The quantitative estimate of drug-likeness (QED) is 0.397. The van der Waals surface area contributed by atoms with E-state index in [0.29, 0.717) is 27.9 Å². The molecule has 3 rings (SSSR count). The van der Waals surface area contributed by atoms with Crippen LogP contribution in [0.2, 0.25) is 0 Å². The number of halogens is 1. The average Bonchev–Trinajstić information content (AvgIpc) is 3.18. The molecular weight excluding hydrogens is 415 g/mol. The number of hydrogen-bond donors (Lipinski definition) is 1. The van der Waals surface area contributed by atoms with Crippen molar-refractivity contribution in [1.82, 2.24) is 10.2 Å². The lowest BCUT2D eigenvalue weighted by Gasteiger charge is -2.07. The van der Waals surface area contributed by atoms with Crippen LogP contribution in [0.1, 0.15) is 30.0 Å². The molecule has 8 heteroatoms. The molecule has 0 bridgehead atoms. The van der Waals surface area contributed by atoms with Crippen molar-refractivity contribution in [3.63, 3.8) is 0 Å². The summed E-state index contributed by atoms with van der Waals surface area (Å²) >= 11 is 1.30. The summed E-state index contributed by atoms with van der Waals surface area (Å²) < 4.78 is 19.3. The highest BCUT2D eigenvalue weighted by molar-refractivity contribution is 7.15. The number of nitrogens with one attached hydrogen (secondary N) is 1. The molecule has 1 amide bonds. The van der Waals surface area contributed by atoms with Crippen molar-refractivity contribution in [1.29, 1.82) is 5.26 Å². The largest absolute Gasteiger partial charge is 0.489 e. The van der Waals surface area contributed by atoms with Gasteiger partial charge in [-0.2, -0.15) is 5.26 Å². The maximum absolute atomic E-state index is 13.7. The first-order valence-corrected chi connectivity index (χ1v) is 10.5. The zero-order chi connectivity index (χ0) is 22.2. The molecule has 6 nitrogen and oxygen atoms in total. The molecule has 0 saturated carbocycles. The molecule has 2 aromatic carbocycles. The molecule has 31 heavy (non-hydrogen) atoms. The Hall–Kier alpha value is -3.57. The lowest BCUT2D eigenvalue weighted by atomic mass is 10.1. The second-order valence-electron chi connectivity index (χ2n) is 7.17. The molecule has 0 aliphatic rings. The lowest BCUT2D eigenvalue weighted by molar-refractivity contribution is -0.112. The maximum Gasteiger partial charge on any atom is 0.268 e. The van der Waals surface area contributed by atoms with Crippen molar-refractivity contribution < 1.29 is 13.9 Å². The van der Waals surface area contributed by atoms with E-state index in [4.69, 9.17) is 4.74 Å². The van der Waals surface area contributed by atoms with E-state index < -0.39 is 5.91 Å². The number of carbonyl (C=O) groups is 1. The van der Waals surface area contributed by atoms with Crippen LogP contribution in [-0.2, 0) is 17.8 Å². The first-order chi connectivity index (χ1) is 14.9. The fraction of sp³-hybridized carbons (Fsp3) is 0.217. The molecular formula is C23H21FN4O2S. The SMILES string of the molecule is CC(C)Cc1nnc(NC(=O)/C(C#N)=C\c2ccc(OCc3ccccc3F)cc2)s1. The molecule has 1 aromatic heterocycles. The van der Waals surface area contributed by atoms with Crippen LogP contribution in [0.4, 0.5) is 9.52 Å². The van der Waals surface area contributed by atoms with Crippen molar-refractivity contribution in [3.05, 3.63) is 76.1 Å². The van der Waals surface area contributed by atoms with Crippen LogP contribution < -0.4 is 10.1 Å². The minimum Gasteiger partial charge on any atom is -0.489 e. The van der Waals surface area contributed by atoms with Gasteiger partial charge in [0.2, 0.25) is 5.13 Å². The molecule has 0 fully saturated rings. The topological polar surface area (TPSA) is 87.9 Å². The summed E-state index contributed by atoms with van der Waals surface area (Å²) in [6, 6.07) is 15.1. The van der Waals surface area contributed by atoms with Gasteiger partial charge in [-0.25, -0.2) is 4.39 Å². The van der Waals surface area contributed by atoms with Gasteiger partial charge in [0.25, 0.3) is 5.91 Å². The molecule has 0 unspecified atom stereocenters. The third-order valence-corrected chi connectivity index (χ3v) is 5.04.